The first-order valence-corrected chi connectivity index (χ1v) is 13.6. The van der Waals surface area contributed by atoms with Crippen molar-refractivity contribution in [2.75, 3.05) is 0 Å². The minimum absolute atomic E-state index is 0.143. The maximum Gasteiger partial charge on any atom is 0.138 e. The Morgan fingerprint density at radius 1 is 0.839 bits per heavy atom. The smallest absolute Gasteiger partial charge is 0.138 e. The van der Waals surface area contributed by atoms with Gasteiger partial charge in [-0.15, -0.1) is 0 Å². The van der Waals surface area contributed by atoms with E-state index in [-0.39, 0.29) is 10.8 Å². The van der Waals surface area contributed by atoms with Gasteiger partial charge in [-0.2, -0.15) is 0 Å². The number of allylic oxidation sites excluding steroid dienone is 2. The Morgan fingerprint density at radius 2 is 1.55 bits per heavy atom. The van der Waals surface area contributed by atoms with E-state index in [0.29, 0.717) is 22.5 Å². The van der Waals surface area contributed by atoms with Gasteiger partial charge in [0.05, 0.1) is 0 Å². The van der Waals surface area contributed by atoms with Gasteiger partial charge in [0.2, 0.25) is 0 Å². The van der Waals surface area contributed by atoms with Crippen molar-refractivity contribution in [2.24, 2.45) is 45.3 Å². The molecule has 31 heavy (non-hydrogen) atoms. The molecule has 0 saturated heterocycles. The lowest BCUT2D eigenvalue weighted by molar-refractivity contribution is -0.139. The highest BCUT2D eigenvalue weighted by Crippen LogP contribution is 2.72. The molecule has 176 valence electrons. The van der Waals surface area contributed by atoms with Crippen molar-refractivity contribution in [3.8, 4) is 0 Å². The second-order valence-electron chi connectivity index (χ2n) is 13.8. The molecule has 0 N–H and O–H groups in total. The molecule has 0 aliphatic heterocycles. The highest BCUT2D eigenvalue weighted by atomic mass is 16.1. The number of carbonyl (C=O) groups excluding carboxylic acids is 1. The molecule has 4 rings (SSSR count). The van der Waals surface area contributed by atoms with E-state index in [2.05, 4.69) is 55.4 Å². The van der Waals surface area contributed by atoms with E-state index in [4.69, 9.17) is 0 Å². The zero-order valence-corrected chi connectivity index (χ0v) is 22.0. The first-order chi connectivity index (χ1) is 14.4. The van der Waals surface area contributed by atoms with Crippen LogP contribution in [0.5, 0.6) is 0 Å². The second-order valence-corrected chi connectivity index (χ2v) is 13.8. The Labute approximate surface area is 193 Å². The summed E-state index contributed by atoms with van der Waals surface area (Å²) in [5.41, 5.74) is 4.65. The fraction of sp³-hybridized carbons (Fsp3) is 0.900. The van der Waals surface area contributed by atoms with Gasteiger partial charge in [0.15, 0.2) is 0 Å². The number of ketones is 1. The maximum atomic E-state index is 12.8. The summed E-state index contributed by atoms with van der Waals surface area (Å²) in [6.45, 7) is 19.7. The van der Waals surface area contributed by atoms with E-state index in [1.807, 2.05) is 11.1 Å². The largest absolute Gasteiger partial charge is 0.299 e. The van der Waals surface area contributed by atoms with E-state index in [1.54, 1.807) is 0 Å². The van der Waals surface area contributed by atoms with Gasteiger partial charge in [0.1, 0.15) is 5.78 Å². The molecule has 2 fully saturated rings. The van der Waals surface area contributed by atoms with Crippen LogP contribution in [0.25, 0.3) is 0 Å². The van der Waals surface area contributed by atoms with Gasteiger partial charge in [-0.3, -0.25) is 4.79 Å². The molecular formula is C30H50O. The average Bonchev–Trinajstić information content (AvgIpc) is 2.96. The Balaban J connectivity index is 1.63. The molecule has 4 aliphatic rings. The van der Waals surface area contributed by atoms with Crippen molar-refractivity contribution in [1.29, 1.82) is 0 Å². The zero-order valence-electron chi connectivity index (χ0n) is 22.0. The molecule has 2 saturated carbocycles. The molecule has 0 spiro atoms. The van der Waals surface area contributed by atoms with Crippen LogP contribution >= 0.6 is 0 Å². The molecule has 1 nitrogen and oxygen atoms in total. The SMILES string of the molecule is CC(C)CCC[C@H](C)[C@@H]1CC[C@]2(C)C3=C(CC[C@]12C)[C@@]1(C)CCC(=O)C(C)(C)[C@H]1CC3. The van der Waals surface area contributed by atoms with E-state index in [9.17, 15) is 4.79 Å². The molecule has 0 radical (unpaired) electrons. The quantitative estimate of drug-likeness (QED) is 0.401. The van der Waals surface area contributed by atoms with Crippen molar-refractivity contribution in [3.05, 3.63) is 11.1 Å². The molecule has 4 aliphatic carbocycles. The second kappa shape index (κ2) is 7.73. The number of carbonyl (C=O) groups is 1. The molecule has 0 aromatic carbocycles. The third-order valence-corrected chi connectivity index (χ3v) is 11.7. The number of hydrogen-bond acceptors (Lipinski definition) is 1. The Bertz CT molecular complexity index is 756. The zero-order chi connectivity index (χ0) is 22.8. The monoisotopic (exact) mass is 426 g/mol. The van der Waals surface area contributed by atoms with Crippen molar-refractivity contribution < 1.29 is 4.79 Å². The molecule has 0 amide bonds. The maximum absolute atomic E-state index is 12.8. The van der Waals surface area contributed by atoms with Gasteiger partial charge < -0.3 is 0 Å². The van der Waals surface area contributed by atoms with E-state index >= 15 is 0 Å². The van der Waals surface area contributed by atoms with Gasteiger partial charge in [-0.25, -0.2) is 0 Å². The van der Waals surface area contributed by atoms with Crippen molar-refractivity contribution >= 4 is 5.78 Å². The van der Waals surface area contributed by atoms with Gasteiger partial charge >= 0.3 is 0 Å². The van der Waals surface area contributed by atoms with E-state index < -0.39 is 0 Å². The topological polar surface area (TPSA) is 17.1 Å². The third kappa shape index (κ3) is 3.33. The minimum atomic E-state index is -0.143. The van der Waals surface area contributed by atoms with Gasteiger partial charge in [0, 0.05) is 11.8 Å². The van der Waals surface area contributed by atoms with Crippen LogP contribution in [0.3, 0.4) is 0 Å². The van der Waals surface area contributed by atoms with Gasteiger partial charge in [-0.05, 0) is 84.9 Å². The number of rotatable bonds is 5. The fourth-order valence-electron chi connectivity index (χ4n) is 9.49. The molecule has 6 atom stereocenters. The molecular weight excluding hydrogens is 376 g/mol. The Morgan fingerprint density at radius 3 is 2.23 bits per heavy atom. The summed E-state index contributed by atoms with van der Waals surface area (Å²) in [5.74, 6) is 3.63. The number of hydrogen-bond donors (Lipinski definition) is 0. The van der Waals surface area contributed by atoms with Crippen molar-refractivity contribution in [1.82, 2.24) is 0 Å². The Kier molecular flexibility index (Phi) is 5.88. The van der Waals surface area contributed by atoms with Crippen molar-refractivity contribution in [2.45, 2.75) is 126 Å². The molecule has 0 heterocycles. The number of Topliss-reactive ketones (excluding diaryl/α,β-unsaturated/α-hetero) is 1. The lowest BCUT2D eigenvalue weighted by Crippen LogP contribution is -2.53. The summed E-state index contributed by atoms with van der Waals surface area (Å²) in [7, 11) is 0. The summed E-state index contributed by atoms with van der Waals surface area (Å²) < 4.78 is 0. The number of fused-ring (bicyclic) bond motifs is 4. The fourth-order valence-corrected chi connectivity index (χ4v) is 9.49. The highest BCUT2D eigenvalue weighted by Gasteiger charge is 2.63. The van der Waals surface area contributed by atoms with Crippen LogP contribution in [0.4, 0.5) is 0 Å². The molecule has 0 aromatic rings. The van der Waals surface area contributed by atoms with E-state index in [0.717, 1.165) is 30.6 Å². The first-order valence-electron chi connectivity index (χ1n) is 13.6. The predicted molar refractivity (Wildman–Crippen MR) is 132 cm³/mol. The average molecular weight is 427 g/mol. The standard InChI is InChI=1S/C30H50O/c1-20(2)10-9-11-21(3)22-14-18-30(8)24-12-13-25-27(4,5)26(31)16-17-28(25,6)23(24)15-19-29(22,30)7/h20-22,25H,9-19H2,1-8H3/t21-,22-,25+,28+,29+,30+/m0/s1. The molecule has 0 aromatic heterocycles. The van der Waals surface area contributed by atoms with Crippen LogP contribution in [0.15, 0.2) is 11.1 Å². The summed E-state index contributed by atoms with van der Waals surface area (Å²) >= 11 is 0. The summed E-state index contributed by atoms with van der Waals surface area (Å²) in [4.78, 5) is 12.8. The summed E-state index contributed by atoms with van der Waals surface area (Å²) in [6.07, 6.45) is 14.1. The van der Waals surface area contributed by atoms with Gasteiger partial charge in [0.25, 0.3) is 0 Å². The molecule has 1 heteroatoms. The lowest BCUT2D eigenvalue weighted by atomic mass is 9.43. The molecule has 0 unspecified atom stereocenters. The third-order valence-electron chi connectivity index (χ3n) is 11.7. The predicted octanol–water partition coefficient (Wildman–Crippen LogP) is 8.77. The van der Waals surface area contributed by atoms with Gasteiger partial charge in [-0.1, -0.05) is 85.8 Å². The van der Waals surface area contributed by atoms with Crippen LogP contribution in [-0.2, 0) is 4.79 Å². The Hall–Kier alpha value is -0.590. The normalized spacial score (nSPS) is 42.9. The lowest BCUT2D eigenvalue weighted by Gasteiger charge is -2.61. The summed E-state index contributed by atoms with van der Waals surface area (Å²) in [5, 5.41) is 0. The van der Waals surface area contributed by atoms with E-state index in [1.165, 1.54) is 57.8 Å². The van der Waals surface area contributed by atoms with Crippen molar-refractivity contribution in [3.63, 3.8) is 0 Å². The first kappa shape index (κ1) is 23.6. The van der Waals surface area contributed by atoms with Crippen LogP contribution in [0.2, 0.25) is 0 Å². The van der Waals surface area contributed by atoms with Crippen LogP contribution in [0, 0.1) is 45.3 Å². The molecule has 0 bridgehead atoms. The highest BCUT2D eigenvalue weighted by molar-refractivity contribution is 5.85. The summed E-state index contributed by atoms with van der Waals surface area (Å²) in [6, 6.07) is 0. The van der Waals surface area contributed by atoms with Crippen LogP contribution in [0.1, 0.15) is 126 Å². The minimum Gasteiger partial charge on any atom is -0.299 e. The van der Waals surface area contributed by atoms with Crippen LogP contribution in [-0.4, -0.2) is 5.78 Å². The van der Waals surface area contributed by atoms with Crippen LogP contribution < -0.4 is 0 Å².